The largest absolute Gasteiger partial charge is 0.397 e. The summed E-state index contributed by atoms with van der Waals surface area (Å²) < 4.78 is 13.8. The van der Waals surface area contributed by atoms with Gasteiger partial charge in [0.2, 0.25) is 0 Å². The number of nitrogens with two attached hydrogens (primary N) is 1. The van der Waals surface area contributed by atoms with Crippen LogP contribution < -0.4 is 11.1 Å². The lowest BCUT2D eigenvalue weighted by atomic mass is 10.2. The summed E-state index contributed by atoms with van der Waals surface area (Å²) in [5, 5.41) is 2.89. The van der Waals surface area contributed by atoms with Crippen LogP contribution in [0.25, 0.3) is 0 Å². The van der Waals surface area contributed by atoms with Crippen LogP contribution in [0.3, 0.4) is 0 Å². The molecule has 0 saturated heterocycles. The van der Waals surface area contributed by atoms with Crippen LogP contribution >= 0.6 is 15.9 Å². The van der Waals surface area contributed by atoms with E-state index in [1.165, 1.54) is 0 Å². The number of benzene rings is 1. The topological polar surface area (TPSA) is 68.0 Å². The SMILES string of the molecule is Nc1cc(Br)ccc1Nc1ncc(F)cc1C=O. The van der Waals surface area contributed by atoms with Crippen molar-refractivity contribution < 1.29 is 9.18 Å². The molecule has 18 heavy (non-hydrogen) atoms. The molecule has 0 spiro atoms. The summed E-state index contributed by atoms with van der Waals surface area (Å²) in [7, 11) is 0. The molecule has 1 heterocycles. The van der Waals surface area contributed by atoms with Crippen molar-refractivity contribution in [2.75, 3.05) is 11.1 Å². The van der Waals surface area contributed by atoms with Gasteiger partial charge in [-0.15, -0.1) is 0 Å². The molecule has 2 rings (SSSR count). The molecule has 3 N–H and O–H groups in total. The molecule has 0 aliphatic carbocycles. The summed E-state index contributed by atoms with van der Waals surface area (Å²) in [5.74, 6) is -0.299. The van der Waals surface area contributed by atoms with Gasteiger partial charge in [-0.1, -0.05) is 15.9 Å². The number of aromatic nitrogens is 1. The summed E-state index contributed by atoms with van der Waals surface area (Å²) >= 11 is 3.29. The van der Waals surface area contributed by atoms with Crippen molar-refractivity contribution in [2.45, 2.75) is 0 Å². The quantitative estimate of drug-likeness (QED) is 0.675. The first kappa shape index (κ1) is 12.5. The van der Waals surface area contributed by atoms with Gasteiger partial charge < -0.3 is 11.1 Å². The van der Waals surface area contributed by atoms with Crippen LogP contribution in [0.5, 0.6) is 0 Å². The Labute approximate surface area is 111 Å². The van der Waals surface area contributed by atoms with Crippen molar-refractivity contribution >= 4 is 39.4 Å². The van der Waals surface area contributed by atoms with Crippen molar-refractivity contribution in [3.05, 3.63) is 46.3 Å². The number of halogens is 2. The number of nitrogens with zero attached hydrogens (tertiary/aromatic N) is 1. The number of nitrogen functional groups attached to an aromatic ring is 1. The van der Waals surface area contributed by atoms with Crippen LogP contribution in [0, 0.1) is 5.82 Å². The van der Waals surface area contributed by atoms with E-state index in [1.54, 1.807) is 18.2 Å². The zero-order valence-electron chi connectivity index (χ0n) is 9.15. The van der Waals surface area contributed by atoms with Crippen LogP contribution in [-0.4, -0.2) is 11.3 Å². The second-order valence-electron chi connectivity index (χ2n) is 3.57. The molecular formula is C12H9BrFN3O. The average Bonchev–Trinajstić information content (AvgIpc) is 2.34. The fourth-order valence-corrected chi connectivity index (χ4v) is 1.80. The van der Waals surface area contributed by atoms with Crippen molar-refractivity contribution in [2.24, 2.45) is 0 Å². The number of carbonyl (C=O) groups is 1. The molecule has 0 bridgehead atoms. The van der Waals surface area contributed by atoms with Crippen molar-refractivity contribution in [3.63, 3.8) is 0 Å². The number of carbonyl (C=O) groups excluding carboxylic acids is 1. The minimum absolute atomic E-state index is 0.136. The Kier molecular flexibility index (Phi) is 3.57. The maximum Gasteiger partial charge on any atom is 0.153 e. The highest BCUT2D eigenvalue weighted by atomic mass is 79.9. The summed E-state index contributed by atoms with van der Waals surface area (Å²) in [6, 6.07) is 6.35. The predicted molar refractivity (Wildman–Crippen MR) is 71.4 cm³/mol. The van der Waals surface area contributed by atoms with E-state index in [-0.39, 0.29) is 11.4 Å². The van der Waals surface area contributed by atoms with Gasteiger partial charge in [0.15, 0.2) is 6.29 Å². The Morgan fingerprint density at radius 1 is 1.39 bits per heavy atom. The Balaban J connectivity index is 2.36. The molecule has 0 atom stereocenters. The molecule has 0 saturated carbocycles. The van der Waals surface area contributed by atoms with Crippen LogP contribution in [0.1, 0.15) is 10.4 Å². The molecule has 4 nitrogen and oxygen atoms in total. The van der Waals surface area contributed by atoms with E-state index in [4.69, 9.17) is 5.73 Å². The molecule has 6 heteroatoms. The zero-order valence-corrected chi connectivity index (χ0v) is 10.7. The maximum absolute atomic E-state index is 12.9. The first-order valence-corrected chi connectivity index (χ1v) is 5.82. The van der Waals surface area contributed by atoms with E-state index in [0.29, 0.717) is 17.7 Å². The summed E-state index contributed by atoms with van der Waals surface area (Å²) in [5.41, 5.74) is 7.03. The van der Waals surface area contributed by atoms with Gasteiger partial charge in [0.25, 0.3) is 0 Å². The molecular weight excluding hydrogens is 301 g/mol. The van der Waals surface area contributed by atoms with Gasteiger partial charge in [0, 0.05) is 4.47 Å². The Bertz CT molecular complexity index is 604. The van der Waals surface area contributed by atoms with Crippen LogP contribution in [0.15, 0.2) is 34.9 Å². The van der Waals surface area contributed by atoms with E-state index in [2.05, 4.69) is 26.2 Å². The number of hydrogen-bond acceptors (Lipinski definition) is 4. The molecule has 2 aromatic rings. The molecule has 0 aliphatic heterocycles. The van der Waals surface area contributed by atoms with Crippen LogP contribution in [0.2, 0.25) is 0 Å². The lowest BCUT2D eigenvalue weighted by molar-refractivity contribution is 0.112. The highest BCUT2D eigenvalue weighted by Crippen LogP contribution is 2.26. The van der Waals surface area contributed by atoms with Gasteiger partial charge in [-0.3, -0.25) is 4.79 Å². The van der Waals surface area contributed by atoms with Gasteiger partial charge in [0.05, 0.1) is 23.1 Å². The molecule has 1 aromatic heterocycles. The molecule has 0 unspecified atom stereocenters. The van der Waals surface area contributed by atoms with Crippen molar-refractivity contribution in [1.82, 2.24) is 4.98 Å². The Morgan fingerprint density at radius 2 is 2.17 bits per heavy atom. The minimum Gasteiger partial charge on any atom is -0.397 e. The Morgan fingerprint density at radius 3 is 2.83 bits per heavy atom. The molecule has 0 aliphatic rings. The zero-order chi connectivity index (χ0) is 13.1. The first-order chi connectivity index (χ1) is 8.60. The molecule has 92 valence electrons. The number of anilines is 3. The molecule has 0 amide bonds. The number of rotatable bonds is 3. The summed E-state index contributed by atoms with van der Waals surface area (Å²) in [4.78, 5) is 14.6. The lowest BCUT2D eigenvalue weighted by Gasteiger charge is -2.10. The molecule has 0 radical (unpaired) electrons. The minimum atomic E-state index is -0.563. The van der Waals surface area contributed by atoms with E-state index in [9.17, 15) is 9.18 Å². The third-order valence-electron chi connectivity index (χ3n) is 2.28. The third-order valence-corrected chi connectivity index (χ3v) is 2.77. The van der Waals surface area contributed by atoms with E-state index in [0.717, 1.165) is 16.7 Å². The normalized spacial score (nSPS) is 10.1. The predicted octanol–water partition coefficient (Wildman–Crippen LogP) is 3.12. The summed E-state index contributed by atoms with van der Waals surface area (Å²) in [6.07, 6.45) is 1.57. The summed E-state index contributed by atoms with van der Waals surface area (Å²) in [6.45, 7) is 0. The fourth-order valence-electron chi connectivity index (χ4n) is 1.42. The highest BCUT2D eigenvalue weighted by Gasteiger charge is 2.07. The van der Waals surface area contributed by atoms with E-state index < -0.39 is 5.82 Å². The van der Waals surface area contributed by atoms with E-state index in [1.807, 2.05) is 0 Å². The average molecular weight is 310 g/mol. The van der Waals surface area contributed by atoms with Crippen LogP contribution in [0.4, 0.5) is 21.6 Å². The number of pyridine rings is 1. The number of nitrogens with one attached hydrogen (secondary N) is 1. The first-order valence-electron chi connectivity index (χ1n) is 5.03. The number of hydrogen-bond donors (Lipinski definition) is 2. The van der Waals surface area contributed by atoms with Gasteiger partial charge in [-0.2, -0.15) is 0 Å². The van der Waals surface area contributed by atoms with Gasteiger partial charge in [-0.05, 0) is 24.3 Å². The van der Waals surface area contributed by atoms with Crippen molar-refractivity contribution in [1.29, 1.82) is 0 Å². The second kappa shape index (κ2) is 5.14. The third kappa shape index (κ3) is 2.65. The standard InChI is InChI=1S/C12H9BrFN3O/c13-8-1-2-11(10(15)4-8)17-12-7(6-18)3-9(14)5-16-12/h1-6H,15H2,(H,16,17). The maximum atomic E-state index is 12.9. The second-order valence-corrected chi connectivity index (χ2v) is 4.48. The highest BCUT2D eigenvalue weighted by molar-refractivity contribution is 9.10. The van der Waals surface area contributed by atoms with Gasteiger partial charge in [-0.25, -0.2) is 9.37 Å². The van der Waals surface area contributed by atoms with Crippen LogP contribution in [-0.2, 0) is 0 Å². The lowest BCUT2D eigenvalue weighted by Crippen LogP contribution is -2.01. The fraction of sp³-hybridized carbons (Fsp3) is 0. The van der Waals surface area contributed by atoms with E-state index >= 15 is 0 Å². The molecule has 1 aromatic carbocycles. The monoisotopic (exact) mass is 309 g/mol. The van der Waals surface area contributed by atoms with Crippen molar-refractivity contribution in [3.8, 4) is 0 Å². The Hall–Kier alpha value is -1.95. The van der Waals surface area contributed by atoms with Gasteiger partial charge in [0.1, 0.15) is 11.6 Å². The number of aldehydes is 1. The van der Waals surface area contributed by atoms with Gasteiger partial charge >= 0.3 is 0 Å². The smallest absolute Gasteiger partial charge is 0.153 e. The molecule has 0 fully saturated rings.